The van der Waals surface area contributed by atoms with Gasteiger partial charge in [0, 0.05) is 18.4 Å². The van der Waals surface area contributed by atoms with Crippen molar-refractivity contribution in [2.75, 3.05) is 0 Å². The van der Waals surface area contributed by atoms with Gasteiger partial charge in [-0.1, -0.05) is 12.1 Å². The van der Waals surface area contributed by atoms with Crippen LogP contribution in [0.15, 0.2) is 27.8 Å². The molecule has 0 saturated carbocycles. The third-order valence-corrected chi connectivity index (χ3v) is 6.26. The van der Waals surface area contributed by atoms with Gasteiger partial charge in [-0.05, 0) is 58.7 Å². The van der Waals surface area contributed by atoms with Gasteiger partial charge in [-0.2, -0.15) is 4.98 Å². The van der Waals surface area contributed by atoms with Crippen molar-refractivity contribution in [2.45, 2.75) is 47.6 Å². The maximum absolute atomic E-state index is 13.4. The summed E-state index contributed by atoms with van der Waals surface area (Å²) in [6.45, 7) is 10.9. The van der Waals surface area contributed by atoms with Gasteiger partial charge >= 0.3 is 5.69 Å². The van der Waals surface area contributed by atoms with E-state index in [2.05, 4.69) is 19.9 Å². The van der Waals surface area contributed by atoms with Gasteiger partial charge in [-0.15, -0.1) is 0 Å². The molecule has 0 aliphatic heterocycles. The van der Waals surface area contributed by atoms with Crippen LogP contribution in [0.3, 0.4) is 0 Å². The van der Waals surface area contributed by atoms with Crippen LogP contribution in [-0.4, -0.2) is 28.9 Å². The van der Waals surface area contributed by atoms with E-state index in [9.17, 15) is 14.4 Å². The Morgan fingerprint density at radius 1 is 1.07 bits per heavy atom. The highest BCUT2D eigenvalue weighted by atomic mass is 16.2. The Bertz CT molecular complexity index is 1480. The smallest absolute Gasteiger partial charge is 0.298 e. The van der Waals surface area contributed by atoms with E-state index in [4.69, 9.17) is 4.98 Å². The average molecular weight is 407 g/mol. The van der Waals surface area contributed by atoms with Crippen LogP contribution in [0, 0.1) is 27.7 Å². The van der Waals surface area contributed by atoms with E-state index >= 15 is 0 Å². The summed E-state index contributed by atoms with van der Waals surface area (Å²) in [5.41, 5.74) is 4.58. The van der Waals surface area contributed by atoms with E-state index in [1.807, 2.05) is 30.5 Å². The highest BCUT2D eigenvalue weighted by Gasteiger charge is 2.26. The van der Waals surface area contributed by atoms with Gasteiger partial charge in [0.25, 0.3) is 5.56 Å². The minimum absolute atomic E-state index is 0.254. The number of carbonyl (C=O) groups excluding carboxylic acids is 1. The van der Waals surface area contributed by atoms with Crippen molar-refractivity contribution in [1.29, 1.82) is 0 Å². The zero-order valence-electron chi connectivity index (χ0n) is 18.3. The molecule has 1 aromatic carbocycles. The fourth-order valence-electron chi connectivity index (χ4n) is 4.01. The first-order valence-electron chi connectivity index (χ1n) is 9.86. The fraction of sp³-hybridized carbons (Fsp3) is 0.364. The van der Waals surface area contributed by atoms with E-state index < -0.39 is 17.3 Å². The predicted octanol–water partition coefficient (Wildman–Crippen LogP) is 2.52. The second-order valence-corrected chi connectivity index (χ2v) is 7.95. The Balaban J connectivity index is 2.23. The van der Waals surface area contributed by atoms with Gasteiger partial charge < -0.3 is 0 Å². The van der Waals surface area contributed by atoms with Crippen LogP contribution in [0.2, 0.25) is 0 Å². The maximum Gasteiger partial charge on any atom is 0.333 e. The van der Waals surface area contributed by atoms with E-state index in [0.29, 0.717) is 16.9 Å². The SMILES string of the molecule is CC(=O)[C@H](C)n1c(=O)c2c(nc3n(-c4cccc(C)c4C)c(C)c(C)n23)n(C)c1=O. The molecule has 1 atom stereocenters. The number of imidazole rings is 2. The molecule has 3 aromatic heterocycles. The Labute approximate surface area is 173 Å². The number of hydrogen-bond donors (Lipinski definition) is 0. The lowest BCUT2D eigenvalue weighted by Gasteiger charge is -2.13. The molecule has 0 N–H and O–H groups in total. The maximum atomic E-state index is 13.4. The van der Waals surface area contributed by atoms with Crippen molar-refractivity contribution in [3.05, 3.63) is 61.6 Å². The minimum atomic E-state index is -0.853. The van der Waals surface area contributed by atoms with Crippen molar-refractivity contribution in [3.8, 4) is 5.69 Å². The quantitative estimate of drug-likeness (QED) is 0.522. The lowest BCUT2D eigenvalue weighted by Crippen LogP contribution is -2.42. The molecule has 0 unspecified atom stereocenters. The number of fused-ring (bicyclic) bond motifs is 3. The standard InChI is InChI=1S/C22H25N5O3/c1-11-9-8-10-17(12(11)2)25-13(3)14(4)26-18-19(23-21(25)26)24(7)22(30)27(20(18)29)15(5)16(6)28/h8-10,15H,1-7H3/t15-/m0/s1. The molecule has 8 heteroatoms. The summed E-state index contributed by atoms with van der Waals surface area (Å²) in [5, 5.41) is 0. The highest BCUT2D eigenvalue weighted by molar-refractivity contribution is 5.81. The molecular formula is C22H25N5O3. The topological polar surface area (TPSA) is 83.3 Å². The van der Waals surface area contributed by atoms with Crippen LogP contribution >= 0.6 is 0 Å². The van der Waals surface area contributed by atoms with Crippen LogP contribution in [0.25, 0.3) is 22.6 Å². The van der Waals surface area contributed by atoms with E-state index in [1.54, 1.807) is 18.4 Å². The Morgan fingerprint density at radius 2 is 1.73 bits per heavy atom. The predicted molar refractivity (Wildman–Crippen MR) is 116 cm³/mol. The largest absolute Gasteiger partial charge is 0.333 e. The van der Waals surface area contributed by atoms with Crippen molar-refractivity contribution in [3.63, 3.8) is 0 Å². The van der Waals surface area contributed by atoms with Crippen molar-refractivity contribution < 1.29 is 4.79 Å². The molecule has 0 radical (unpaired) electrons. The molecule has 4 rings (SSSR count). The Kier molecular flexibility index (Phi) is 4.34. The van der Waals surface area contributed by atoms with Gasteiger partial charge in [-0.3, -0.25) is 23.1 Å². The molecular weight excluding hydrogens is 382 g/mol. The molecule has 0 aliphatic carbocycles. The van der Waals surface area contributed by atoms with Gasteiger partial charge in [-0.25, -0.2) is 9.36 Å². The summed E-state index contributed by atoms with van der Waals surface area (Å²) in [7, 11) is 1.57. The highest BCUT2D eigenvalue weighted by Crippen LogP contribution is 2.27. The third-order valence-electron chi connectivity index (χ3n) is 6.26. The molecule has 0 amide bonds. The van der Waals surface area contributed by atoms with E-state index in [-0.39, 0.29) is 5.78 Å². The summed E-state index contributed by atoms with van der Waals surface area (Å²) >= 11 is 0. The molecule has 0 saturated heterocycles. The second kappa shape index (κ2) is 6.55. The first-order valence-corrected chi connectivity index (χ1v) is 9.86. The lowest BCUT2D eigenvalue weighted by molar-refractivity contribution is -0.119. The zero-order chi connectivity index (χ0) is 22.1. The number of aromatic nitrogens is 5. The Morgan fingerprint density at radius 3 is 2.37 bits per heavy atom. The fourth-order valence-corrected chi connectivity index (χ4v) is 4.01. The number of ketones is 1. The zero-order valence-corrected chi connectivity index (χ0v) is 18.3. The van der Waals surface area contributed by atoms with E-state index in [1.165, 1.54) is 11.5 Å². The first kappa shape index (κ1) is 19.9. The summed E-state index contributed by atoms with van der Waals surface area (Å²) in [5.74, 6) is 0.309. The monoisotopic (exact) mass is 407 g/mol. The molecule has 30 heavy (non-hydrogen) atoms. The van der Waals surface area contributed by atoms with E-state index in [0.717, 1.165) is 32.8 Å². The lowest BCUT2D eigenvalue weighted by atomic mass is 10.1. The van der Waals surface area contributed by atoms with Gasteiger partial charge in [0.05, 0.1) is 11.7 Å². The summed E-state index contributed by atoms with van der Waals surface area (Å²) in [6, 6.07) is 5.20. The number of rotatable bonds is 3. The van der Waals surface area contributed by atoms with Crippen molar-refractivity contribution in [1.82, 2.24) is 23.1 Å². The average Bonchev–Trinajstić information content (AvgIpc) is 3.19. The van der Waals surface area contributed by atoms with Crippen molar-refractivity contribution in [2.24, 2.45) is 7.05 Å². The molecule has 8 nitrogen and oxygen atoms in total. The van der Waals surface area contributed by atoms with Crippen LogP contribution in [-0.2, 0) is 11.8 Å². The van der Waals surface area contributed by atoms with Crippen molar-refractivity contribution >= 4 is 22.7 Å². The molecule has 156 valence electrons. The molecule has 4 aromatic rings. The van der Waals surface area contributed by atoms with Crippen LogP contribution in [0.5, 0.6) is 0 Å². The van der Waals surface area contributed by atoms with Gasteiger partial charge in [0.2, 0.25) is 5.78 Å². The number of aryl methyl sites for hydroxylation is 3. The van der Waals surface area contributed by atoms with Crippen LogP contribution in [0.1, 0.15) is 42.4 Å². The number of nitrogens with zero attached hydrogens (tertiary/aromatic N) is 5. The normalized spacial score (nSPS) is 12.8. The summed E-state index contributed by atoms with van der Waals surface area (Å²) in [6.07, 6.45) is 0. The summed E-state index contributed by atoms with van der Waals surface area (Å²) < 4.78 is 6.16. The van der Waals surface area contributed by atoms with Crippen LogP contribution < -0.4 is 11.2 Å². The first-order chi connectivity index (χ1) is 14.1. The number of Topliss-reactive ketones (excluding diaryl/α,β-unsaturated/α-hetero) is 1. The minimum Gasteiger partial charge on any atom is -0.298 e. The molecule has 3 heterocycles. The van der Waals surface area contributed by atoms with Crippen LogP contribution in [0.4, 0.5) is 0 Å². The van der Waals surface area contributed by atoms with Gasteiger partial charge in [0.15, 0.2) is 16.9 Å². The second-order valence-electron chi connectivity index (χ2n) is 7.95. The van der Waals surface area contributed by atoms with Gasteiger partial charge in [0.1, 0.15) is 0 Å². The molecule has 0 bridgehead atoms. The number of benzene rings is 1. The molecule has 0 spiro atoms. The Hall–Kier alpha value is -3.42. The third kappa shape index (κ3) is 2.46. The number of carbonyl (C=O) groups is 1. The summed E-state index contributed by atoms with van der Waals surface area (Å²) in [4.78, 5) is 42.9. The number of hydrogen-bond acceptors (Lipinski definition) is 4. The molecule has 0 fully saturated rings. The molecule has 0 aliphatic rings.